The third-order valence-corrected chi connectivity index (χ3v) is 4.35. The normalized spacial score (nSPS) is 11.0. The molecule has 0 radical (unpaired) electrons. The van der Waals surface area contributed by atoms with E-state index < -0.39 is 0 Å². The van der Waals surface area contributed by atoms with Gasteiger partial charge in [0.1, 0.15) is 0 Å². The summed E-state index contributed by atoms with van der Waals surface area (Å²) in [5, 5.41) is 13.4. The fourth-order valence-electron chi connectivity index (χ4n) is 1.93. The second kappa shape index (κ2) is 7.85. The van der Waals surface area contributed by atoms with Crippen molar-refractivity contribution in [2.24, 2.45) is 5.10 Å². The Bertz CT molecular complexity index is 834. The molecular formula is C16H15ClN6S. The summed E-state index contributed by atoms with van der Waals surface area (Å²) < 4.78 is 1.38. The molecule has 3 N–H and O–H groups in total. The van der Waals surface area contributed by atoms with E-state index in [0.29, 0.717) is 16.1 Å². The van der Waals surface area contributed by atoms with Gasteiger partial charge in [0.2, 0.25) is 5.16 Å². The van der Waals surface area contributed by atoms with E-state index in [1.807, 2.05) is 30.3 Å². The van der Waals surface area contributed by atoms with Crippen LogP contribution in [-0.4, -0.2) is 21.1 Å². The van der Waals surface area contributed by atoms with Crippen LogP contribution in [-0.2, 0) is 5.75 Å². The fraction of sp³-hybridized carbons (Fsp3) is 0.0625. The lowest BCUT2D eigenvalue weighted by atomic mass is 10.2. The first-order valence-corrected chi connectivity index (χ1v) is 8.50. The number of nitrogens with zero attached hydrogens (tertiary/aromatic N) is 4. The molecule has 3 rings (SSSR count). The number of nitrogens with one attached hydrogen (secondary N) is 1. The lowest BCUT2D eigenvalue weighted by Crippen LogP contribution is -2.13. The van der Waals surface area contributed by atoms with Crippen molar-refractivity contribution in [2.45, 2.75) is 10.9 Å². The van der Waals surface area contributed by atoms with Crippen LogP contribution in [0.3, 0.4) is 0 Å². The minimum atomic E-state index is 0.365. The summed E-state index contributed by atoms with van der Waals surface area (Å²) in [5.41, 5.74) is 4.84. The number of hydrazone groups is 1. The fourth-order valence-corrected chi connectivity index (χ4v) is 2.94. The molecule has 24 heavy (non-hydrogen) atoms. The van der Waals surface area contributed by atoms with Gasteiger partial charge in [-0.05, 0) is 23.3 Å². The summed E-state index contributed by atoms with van der Waals surface area (Å²) in [5.74, 6) is 7.11. The molecule has 0 aliphatic rings. The lowest BCUT2D eigenvalue weighted by Gasteiger charge is -2.03. The molecule has 0 fully saturated rings. The van der Waals surface area contributed by atoms with E-state index in [4.69, 9.17) is 17.4 Å². The van der Waals surface area contributed by atoms with Crippen LogP contribution >= 0.6 is 23.4 Å². The number of hydrogen-bond donors (Lipinski definition) is 2. The molecule has 8 heteroatoms. The molecule has 0 aliphatic heterocycles. The van der Waals surface area contributed by atoms with Crippen molar-refractivity contribution in [1.82, 2.24) is 14.9 Å². The second-order valence-electron chi connectivity index (χ2n) is 4.88. The van der Waals surface area contributed by atoms with Gasteiger partial charge < -0.3 is 5.84 Å². The van der Waals surface area contributed by atoms with E-state index in [1.165, 1.54) is 22.0 Å². The van der Waals surface area contributed by atoms with Gasteiger partial charge in [-0.15, -0.1) is 10.2 Å². The molecule has 2 aromatic carbocycles. The van der Waals surface area contributed by atoms with Crippen LogP contribution < -0.4 is 11.3 Å². The molecule has 0 saturated heterocycles. The summed E-state index contributed by atoms with van der Waals surface area (Å²) >= 11 is 7.43. The molecule has 3 aromatic rings. The van der Waals surface area contributed by atoms with Crippen molar-refractivity contribution >= 4 is 35.5 Å². The van der Waals surface area contributed by atoms with Gasteiger partial charge in [0.15, 0.2) is 0 Å². The predicted molar refractivity (Wildman–Crippen MR) is 98.8 cm³/mol. The predicted octanol–water partition coefficient (Wildman–Crippen LogP) is 3.38. The Morgan fingerprint density at radius 1 is 1.17 bits per heavy atom. The Morgan fingerprint density at radius 2 is 2.00 bits per heavy atom. The van der Waals surface area contributed by atoms with E-state index >= 15 is 0 Å². The molecule has 1 aromatic heterocycles. The zero-order chi connectivity index (χ0) is 16.8. The molecule has 0 saturated carbocycles. The van der Waals surface area contributed by atoms with Crippen molar-refractivity contribution in [2.75, 3.05) is 11.3 Å². The molecular weight excluding hydrogens is 344 g/mol. The Kier molecular flexibility index (Phi) is 5.35. The summed E-state index contributed by atoms with van der Waals surface area (Å²) in [6.07, 6.45) is 1.64. The first-order valence-electron chi connectivity index (χ1n) is 7.14. The number of halogens is 1. The molecule has 6 nitrogen and oxygen atoms in total. The van der Waals surface area contributed by atoms with E-state index in [1.54, 1.807) is 18.3 Å². The SMILES string of the molecule is Nn1c(N/N=C/c2cccc(Cl)c2)nnc1SCc1ccccc1. The van der Waals surface area contributed by atoms with Crippen molar-refractivity contribution < 1.29 is 0 Å². The van der Waals surface area contributed by atoms with Gasteiger partial charge in [-0.3, -0.25) is 0 Å². The number of benzene rings is 2. The lowest BCUT2D eigenvalue weighted by molar-refractivity contribution is 0.847. The number of rotatable bonds is 6. The average Bonchev–Trinajstić information content (AvgIpc) is 2.94. The number of thioether (sulfide) groups is 1. The van der Waals surface area contributed by atoms with Crippen LogP contribution in [0.2, 0.25) is 5.02 Å². The third-order valence-electron chi connectivity index (χ3n) is 3.10. The summed E-state index contributed by atoms with van der Waals surface area (Å²) in [7, 11) is 0. The van der Waals surface area contributed by atoms with Crippen LogP contribution in [0, 0.1) is 0 Å². The number of hydrogen-bond acceptors (Lipinski definition) is 6. The highest BCUT2D eigenvalue weighted by molar-refractivity contribution is 7.98. The smallest absolute Gasteiger partial charge is 0.264 e. The zero-order valence-electron chi connectivity index (χ0n) is 12.6. The largest absolute Gasteiger partial charge is 0.334 e. The second-order valence-corrected chi connectivity index (χ2v) is 6.25. The van der Waals surface area contributed by atoms with Gasteiger partial charge >= 0.3 is 0 Å². The maximum Gasteiger partial charge on any atom is 0.264 e. The van der Waals surface area contributed by atoms with Crippen LogP contribution in [0.4, 0.5) is 5.95 Å². The van der Waals surface area contributed by atoms with Gasteiger partial charge in [-0.25, -0.2) is 10.1 Å². The number of aromatic nitrogens is 3. The highest BCUT2D eigenvalue weighted by Gasteiger charge is 2.09. The van der Waals surface area contributed by atoms with Gasteiger partial charge in [-0.1, -0.05) is 65.8 Å². The maximum absolute atomic E-state index is 5.98. The number of nitrogen functional groups attached to an aromatic ring is 1. The monoisotopic (exact) mass is 358 g/mol. The van der Waals surface area contributed by atoms with Crippen LogP contribution in [0.1, 0.15) is 11.1 Å². The third kappa shape index (κ3) is 4.27. The molecule has 0 aliphatic carbocycles. The Hall–Kier alpha value is -2.51. The first-order chi connectivity index (χ1) is 11.7. The van der Waals surface area contributed by atoms with Gasteiger partial charge in [-0.2, -0.15) is 5.10 Å². The summed E-state index contributed by atoms with van der Waals surface area (Å²) in [6, 6.07) is 17.5. The van der Waals surface area contributed by atoms with E-state index in [0.717, 1.165) is 11.3 Å². The van der Waals surface area contributed by atoms with Crippen molar-refractivity contribution in [3.63, 3.8) is 0 Å². The van der Waals surface area contributed by atoms with Crippen LogP contribution in [0.15, 0.2) is 64.9 Å². The van der Waals surface area contributed by atoms with Crippen LogP contribution in [0.5, 0.6) is 0 Å². The molecule has 0 atom stereocenters. The minimum absolute atomic E-state index is 0.365. The van der Waals surface area contributed by atoms with E-state index in [-0.39, 0.29) is 0 Å². The Balaban J connectivity index is 1.60. The first kappa shape index (κ1) is 16.4. The Morgan fingerprint density at radius 3 is 2.79 bits per heavy atom. The highest BCUT2D eigenvalue weighted by Crippen LogP contribution is 2.21. The highest BCUT2D eigenvalue weighted by atomic mass is 35.5. The van der Waals surface area contributed by atoms with Crippen LogP contribution in [0.25, 0.3) is 0 Å². The quantitative estimate of drug-likeness (QED) is 0.305. The standard InChI is InChI=1S/C16H15ClN6S/c17-14-8-4-7-13(9-14)10-19-20-15-21-22-16(23(15)18)24-11-12-5-2-1-3-6-12/h1-10H,11,18H2,(H,20,21)/b19-10+. The number of anilines is 1. The van der Waals surface area contributed by atoms with Gasteiger partial charge in [0, 0.05) is 10.8 Å². The molecule has 0 bridgehead atoms. The zero-order valence-corrected chi connectivity index (χ0v) is 14.2. The molecule has 0 amide bonds. The van der Waals surface area contributed by atoms with Gasteiger partial charge in [0.05, 0.1) is 6.21 Å². The maximum atomic E-state index is 5.98. The van der Waals surface area contributed by atoms with Crippen molar-refractivity contribution in [3.05, 3.63) is 70.7 Å². The number of nitrogens with two attached hydrogens (primary N) is 1. The average molecular weight is 359 g/mol. The van der Waals surface area contributed by atoms with Crippen molar-refractivity contribution in [3.8, 4) is 0 Å². The molecule has 122 valence electrons. The van der Waals surface area contributed by atoms with E-state index in [9.17, 15) is 0 Å². The minimum Gasteiger partial charge on any atom is -0.334 e. The summed E-state index contributed by atoms with van der Waals surface area (Å²) in [4.78, 5) is 0. The van der Waals surface area contributed by atoms with Crippen molar-refractivity contribution in [1.29, 1.82) is 0 Å². The summed E-state index contributed by atoms with van der Waals surface area (Å²) in [6.45, 7) is 0. The van der Waals surface area contributed by atoms with Gasteiger partial charge in [0.25, 0.3) is 5.95 Å². The molecule has 1 heterocycles. The topological polar surface area (TPSA) is 81.1 Å². The Labute approximate surface area is 148 Å². The van der Waals surface area contributed by atoms with E-state index in [2.05, 4.69) is 32.9 Å². The molecule has 0 spiro atoms. The molecule has 0 unspecified atom stereocenters.